The first-order valence-corrected chi connectivity index (χ1v) is 11.0. The Bertz CT molecular complexity index is 824. The van der Waals surface area contributed by atoms with Crippen LogP contribution in [-0.2, 0) is 11.3 Å². The number of halogens is 1. The van der Waals surface area contributed by atoms with Crippen LogP contribution in [0.15, 0.2) is 33.7 Å². The van der Waals surface area contributed by atoms with Gasteiger partial charge in [0.05, 0.1) is 6.61 Å². The lowest BCUT2D eigenvalue weighted by Crippen LogP contribution is -2.49. The molecule has 2 N–H and O–H groups in total. The number of nitrogens with one attached hydrogen (secondary N) is 2. The van der Waals surface area contributed by atoms with Crippen LogP contribution in [0.4, 0.5) is 0 Å². The van der Waals surface area contributed by atoms with Crippen LogP contribution >= 0.6 is 24.0 Å². The van der Waals surface area contributed by atoms with Crippen LogP contribution in [0, 0.1) is 12.8 Å². The van der Waals surface area contributed by atoms with Crippen LogP contribution in [0.2, 0.25) is 0 Å². The predicted molar refractivity (Wildman–Crippen MR) is 133 cm³/mol. The number of fused-ring (bicyclic) bond motifs is 1. The van der Waals surface area contributed by atoms with E-state index in [2.05, 4.69) is 41.5 Å². The van der Waals surface area contributed by atoms with Crippen molar-refractivity contribution in [3.05, 3.63) is 35.6 Å². The van der Waals surface area contributed by atoms with E-state index in [4.69, 9.17) is 14.1 Å². The number of nitrogens with zero attached hydrogens (tertiary/aromatic N) is 2. The van der Waals surface area contributed by atoms with E-state index in [1.54, 1.807) is 0 Å². The molecule has 2 aliphatic rings. The molecule has 7 heteroatoms. The van der Waals surface area contributed by atoms with Crippen molar-refractivity contribution in [2.24, 2.45) is 10.9 Å². The molecule has 4 rings (SSSR count). The number of likely N-dealkylation sites (tertiary alicyclic amines) is 1. The van der Waals surface area contributed by atoms with Crippen molar-refractivity contribution in [2.75, 3.05) is 39.4 Å². The average Bonchev–Trinajstić information content (AvgIpc) is 3.36. The first-order valence-electron chi connectivity index (χ1n) is 11.0. The van der Waals surface area contributed by atoms with E-state index in [1.807, 2.05) is 12.1 Å². The summed E-state index contributed by atoms with van der Waals surface area (Å²) in [4.78, 5) is 7.40. The molecule has 0 spiro atoms. The Hall–Kier alpha value is -1.32. The minimum atomic E-state index is 0. The number of furan rings is 1. The second kappa shape index (κ2) is 11.3. The van der Waals surface area contributed by atoms with Gasteiger partial charge in [0, 0.05) is 49.8 Å². The molecule has 0 aliphatic carbocycles. The number of para-hydroxylation sites is 1. The predicted octanol–water partition coefficient (Wildman–Crippen LogP) is 3.92. The summed E-state index contributed by atoms with van der Waals surface area (Å²) < 4.78 is 11.5. The molecule has 6 nitrogen and oxygen atoms in total. The van der Waals surface area contributed by atoms with Crippen molar-refractivity contribution in [1.29, 1.82) is 0 Å². The van der Waals surface area contributed by atoms with Gasteiger partial charge in [-0.1, -0.05) is 18.2 Å². The molecule has 1 unspecified atom stereocenters. The number of piperidine rings is 1. The largest absolute Gasteiger partial charge is 0.459 e. The number of aryl methyl sites for hydroxylation is 1. The highest BCUT2D eigenvalue weighted by atomic mass is 127. The van der Waals surface area contributed by atoms with Gasteiger partial charge in [0.2, 0.25) is 0 Å². The fourth-order valence-corrected chi connectivity index (χ4v) is 4.39. The number of hydrogen-bond donors (Lipinski definition) is 2. The number of hydrogen-bond acceptors (Lipinski definition) is 4. The fraction of sp³-hybridized carbons (Fsp3) is 0.609. The zero-order valence-corrected chi connectivity index (χ0v) is 20.5. The third kappa shape index (κ3) is 5.88. The highest BCUT2D eigenvalue weighted by Gasteiger charge is 2.24. The number of guanidine groups is 1. The van der Waals surface area contributed by atoms with E-state index >= 15 is 0 Å². The van der Waals surface area contributed by atoms with Gasteiger partial charge < -0.3 is 24.7 Å². The summed E-state index contributed by atoms with van der Waals surface area (Å²) in [5, 5.41) is 8.21. The van der Waals surface area contributed by atoms with Gasteiger partial charge in [-0.3, -0.25) is 0 Å². The molecular formula is C23H35IN4O2. The normalized spacial score (nSPS) is 21.0. The van der Waals surface area contributed by atoms with Crippen molar-refractivity contribution in [1.82, 2.24) is 15.5 Å². The Kier molecular flexibility index (Phi) is 8.83. The maximum absolute atomic E-state index is 6.02. The topological polar surface area (TPSA) is 62.0 Å². The number of benzene rings is 1. The van der Waals surface area contributed by atoms with E-state index in [0.717, 1.165) is 68.9 Å². The Morgan fingerprint density at radius 3 is 2.70 bits per heavy atom. The van der Waals surface area contributed by atoms with Gasteiger partial charge in [-0.2, -0.15) is 0 Å². The zero-order valence-electron chi connectivity index (χ0n) is 18.2. The van der Waals surface area contributed by atoms with E-state index in [9.17, 15) is 0 Å². The van der Waals surface area contributed by atoms with Crippen LogP contribution in [0.5, 0.6) is 0 Å². The molecular weight excluding hydrogens is 491 g/mol. The average molecular weight is 526 g/mol. The molecule has 30 heavy (non-hydrogen) atoms. The maximum atomic E-state index is 6.02. The van der Waals surface area contributed by atoms with Crippen LogP contribution in [0.1, 0.15) is 37.5 Å². The highest BCUT2D eigenvalue weighted by molar-refractivity contribution is 14.0. The van der Waals surface area contributed by atoms with E-state index < -0.39 is 0 Å². The molecule has 3 heterocycles. The van der Waals surface area contributed by atoms with E-state index in [0.29, 0.717) is 12.6 Å². The fourth-order valence-electron chi connectivity index (χ4n) is 4.39. The minimum absolute atomic E-state index is 0. The molecule has 166 valence electrons. The van der Waals surface area contributed by atoms with E-state index in [-0.39, 0.29) is 24.0 Å². The first kappa shape index (κ1) is 23.3. The second-order valence-corrected chi connectivity index (χ2v) is 8.29. The van der Waals surface area contributed by atoms with Gasteiger partial charge >= 0.3 is 0 Å². The minimum Gasteiger partial charge on any atom is -0.459 e. The Morgan fingerprint density at radius 1 is 1.20 bits per heavy atom. The Balaban J connectivity index is 0.00000256. The third-order valence-electron chi connectivity index (χ3n) is 6.14. The zero-order chi connectivity index (χ0) is 20.1. The first-order chi connectivity index (χ1) is 14.2. The molecule has 2 saturated heterocycles. The van der Waals surface area contributed by atoms with Gasteiger partial charge in [-0.25, -0.2) is 4.99 Å². The maximum Gasteiger partial charge on any atom is 0.191 e. The quantitative estimate of drug-likeness (QED) is 0.340. The SMILES string of the molecule is CCNC(=NCc1oc2ccccc2c1C)NC1CCN(CC2CCOC2)CC1.I. The smallest absolute Gasteiger partial charge is 0.191 e. The van der Waals surface area contributed by atoms with Gasteiger partial charge in [0.25, 0.3) is 0 Å². The molecule has 2 aromatic rings. The van der Waals surface area contributed by atoms with Crippen molar-refractivity contribution >= 4 is 40.9 Å². The molecule has 1 atom stereocenters. The lowest BCUT2D eigenvalue weighted by molar-refractivity contribution is 0.150. The lowest BCUT2D eigenvalue weighted by Gasteiger charge is -2.34. The molecule has 1 aromatic heterocycles. The van der Waals surface area contributed by atoms with Gasteiger partial charge in [-0.05, 0) is 45.1 Å². The van der Waals surface area contributed by atoms with Crippen molar-refractivity contribution in [3.63, 3.8) is 0 Å². The molecule has 2 aliphatic heterocycles. The number of ether oxygens (including phenoxy) is 1. The highest BCUT2D eigenvalue weighted by Crippen LogP contribution is 2.25. The Labute approximate surface area is 196 Å². The molecule has 0 radical (unpaired) electrons. The summed E-state index contributed by atoms with van der Waals surface area (Å²) in [6.07, 6.45) is 3.53. The van der Waals surface area contributed by atoms with Gasteiger partial charge in [0.1, 0.15) is 17.9 Å². The number of aliphatic imine (C=N–C) groups is 1. The summed E-state index contributed by atoms with van der Waals surface area (Å²) in [5.41, 5.74) is 2.12. The molecule has 2 fully saturated rings. The summed E-state index contributed by atoms with van der Waals surface area (Å²) in [5.74, 6) is 2.55. The van der Waals surface area contributed by atoms with Crippen LogP contribution in [-0.4, -0.2) is 56.3 Å². The summed E-state index contributed by atoms with van der Waals surface area (Å²) in [6, 6.07) is 8.66. The molecule has 0 bridgehead atoms. The van der Waals surface area contributed by atoms with Crippen LogP contribution < -0.4 is 10.6 Å². The van der Waals surface area contributed by atoms with Crippen LogP contribution in [0.3, 0.4) is 0 Å². The van der Waals surface area contributed by atoms with E-state index in [1.165, 1.54) is 23.9 Å². The van der Waals surface area contributed by atoms with Crippen LogP contribution in [0.25, 0.3) is 11.0 Å². The monoisotopic (exact) mass is 526 g/mol. The second-order valence-electron chi connectivity index (χ2n) is 8.29. The van der Waals surface area contributed by atoms with Crippen molar-refractivity contribution in [3.8, 4) is 0 Å². The van der Waals surface area contributed by atoms with Gasteiger partial charge in [-0.15, -0.1) is 24.0 Å². The van der Waals surface area contributed by atoms with Crippen molar-refractivity contribution < 1.29 is 9.15 Å². The summed E-state index contributed by atoms with van der Waals surface area (Å²) >= 11 is 0. The molecule has 0 amide bonds. The Morgan fingerprint density at radius 2 is 2.00 bits per heavy atom. The third-order valence-corrected chi connectivity index (χ3v) is 6.14. The summed E-state index contributed by atoms with van der Waals surface area (Å²) in [6.45, 7) is 11.0. The van der Waals surface area contributed by atoms with Gasteiger partial charge in [0.15, 0.2) is 5.96 Å². The standard InChI is InChI=1S/C23H34N4O2.HI/c1-3-24-23(25-14-22-17(2)20-6-4-5-7-21(20)29-22)26-19-8-11-27(12-9-19)15-18-10-13-28-16-18;/h4-7,18-19H,3,8-16H2,1-2H3,(H2,24,25,26);1H. The summed E-state index contributed by atoms with van der Waals surface area (Å²) in [7, 11) is 0. The molecule has 1 aromatic carbocycles. The van der Waals surface area contributed by atoms with Crippen molar-refractivity contribution in [2.45, 2.75) is 45.7 Å². The lowest BCUT2D eigenvalue weighted by atomic mass is 10.0. The molecule has 0 saturated carbocycles. The number of rotatable bonds is 6.